The van der Waals surface area contributed by atoms with Crippen LogP contribution in [-0.2, 0) is 26.3 Å². The van der Waals surface area contributed by atoms with Gasteiger partial charge in [-0.15, -0.1) is 12.4 Å². The van der Waals surface area contributed by atoms with Crippen LogP contribution < -0.4 is 10.5 Å². The normalized spacial score (nSPS) is 17.0. The fraction of sp³-hybridized carbons (Fsp3) is 0.333. The van der Waals surface area contributed by atoms with Gasteiger partial charge in [-0.25, -0.2) is 21.6 Å². The van der Waals surface area contributed by atoms with Crippen molar-refractivity contribution >= 4 is 38.0 Å². The number of benzene rings is 2. The highest BCUT2D eigenvalue weighted by molar-refractivity contribution is 7.91. The van der Waals surface area contributed by atoms with Crippen molar-refractivity contribution in [3.8, 4) is 0 Å². The standard InChI is InChI=1S/C18H22N2O4S2.ClH/c1-12-6-8-15(25(2,21)22)11-18(12)26(23,24)20-17-5-3-4-13-10-14(19)7-9-16(13)17;/h6-11,17,20H,3-5,19H2,1-2H3;1H. The Labute approximate surface area is 166 Å². The SMILES string of the molecule is Cc1ccc(S(C)(=O)=O)cc1S(=O)(=O)NC1CCCc2cc(N)ccc21.Cl. The third kappa shape index (κ3) is 4.63. The van der Waals surface area contributed by atoms with Crippen LogP contribution in [0.2, 0.25) is 0 Å². The second-order valence-corrected chi connectivity index (χ2v) is 10.4. The zero-order valence-corrected chi connectivity index (χ0v) is 17.5. The molecule has 1 atom stereocenters. The van der Waals surface area contributed by atoms with Crippen LogP contribution in [0.15, 0.2) is 46.2 Å². The van der Waals surface area contributed by atoms with E-state index < -0.39 is 19.9 Å². The summed E-state index contributed by atoms with van der Waals surface area (Å²) in [5.74, 6) is 0. The summed E-state index contributed by atoms with van der Waals surface area (Å²) in [5, 5.41) is 0. The average molecular weight is 431 g/mol. The number of nitrogens with two attached hydrogens (primary N) is 1. The van der Waals surface area contributed by atoms with Gasteiger partial charge in [-0.3, -0.25) is 0 Å². The average Bonchev–Trinajstić information content (AvgIpc) is 2.53. The molecule has 0 aliphatic heterocycles. The summed E-state index contributed by atoms with van der Waals surface area (Å²) in [7, 11) is -7.37. The maximum Gasteiger partial charge on any atom is 0.241 e. The molecule has 6 nitrogen and oxygen atoms in total. The minimum absolute atomic E-state index is 0. The van der Waals surface area contributed by atoms with Gasteiger partial charge < -0.3 is 5.73 Å². The highest BCUT2D eigenvalue weighted by atomic mass is 35.5. The molecule has 0 fully saturated rings. The molecule has 27 heavy (non-hydrogen) atoms. The van der Waals surface area contributed by atoms with Crippen molar-refractivity contribution in [3.63, 3.8) is 0 Å². The number of hydrogen-bond acceptors (Lipinski definition) is 5. The monoisotopic (exact) mass is 430 g/mol. The van der Waals surface area contributed by atoms with Crippen LogP contribution >= 0.6 is 12.4 Å². The van der Waals surface area contributed by atoms with E-state index in [1.165, 1.54) is 18.2 Å². The summed E-state index contributed by atoms with van der Waals surface area (Å²) in [6.45, 7) is 1.65. The molecule has 9 heteroatoms. The molecule has 148 valence electrons. The van der Waals surface area contributed by atoms with E-state index in [1.54, 1.807) is 13.0 Å². The number of anilines is 1. The molecular weight excluding hydrogens is 408 g/mol. The summed E-state index contributed by atoms with van der Waals surface area (Å²) in [4.78, 5) is -0.0247. The molecule has 0 spiro atoms. The molecule has 3 N–H and O–H groups in total. The maximum atomic E-state index is 12.9. The first-order valence-corrected chi connectivity index (χ1v) is 11.7. The zero-order chi connectivity index (χ0) is 19.1. The highest BCUT2D eigenvalue weighted by Gasteiger charge is 2.27. The Balaban J connectivity index is 0.00000261. The van der Waals surface area contributed by atoms with Crippen molar-refractivity contribution in [2.45, 2.75) is 42.0 Å². The minimum atomic E-state index is -3.87. The summed E-state index contributed by atoms with van der Waals surface area (Å²) in [6.07, 6.45) is 3.46. The van der Waals surface area contributed by atoms with E-state index >= 15 is 0 Å². The van der Waals surface area contributed by atoms with E-state index in [-0.39, 0.29) is 28.2 Å². The molecule has 0 radical (unpaired) electrons. The van der Waals surface area contributed by atoms with E-state index in [0.717, 1.165) is 30.2 Å². The predicted octanol–water partition coefficient (Wildman–Crippen LogP) is 2.76. The number of nitrogen functional groups attached to an aromatic ring is 1. The second kappa shape index (κ2) is 7.79. The molecule has 1 aliphatic carbocycles. The minimum Gasteiger partial charge on any atom is -0.399 e. The fourth-order valence-electron chi connectivity index (χ4n) is 3.31. The molecule has 1 unspecified atom stereocenters. The highest BCUT2D eigenvalue weighted by Crippen LogP contribution is 2.32. The maximum absolute atomic E-state index is 12.9. The van der Waals surface area contributed by atoms with Crippen LogP contribution in [0.5, 0.6) is 0 Å². The Morgan fingerprint density at radius 1 is 1.07 bits per heavy atom. The number of sulfonamides is 1. The van der Waals surface area contributed by atoms with Crippen molar-refractivity contribution in [2.75, 3.05) is 12.0 Å². The first-order valence-electron chi connectivity index (χ1n) is 8.29. The fourth-order valence-corrected chi connectivity index (χ4v) is 5.55. The Bertz CT molecular complexity index is 1070. The van der Waals surface area contributed by atoms with Crippen molar-refractivity contribution in [1.29, 1.82) is 0 Å². The first-order chi connectivity index (χ1) is 12.1. The quantitative estimate of drug-likeness (QED) is 0.725. The molecule has 0 bridgehead atoms. The van der Waals surface area contributed by atoms with Gasteiger partial charge in [0.1, 0.15) is 0 Å². The lowest BCUT2D eigenvalue weighted by molar-refractivity contribution is 0.507. The summed E-state index contributed by atoms with van der Waals surface area (Å²) in [6, 6.07) is 9.30. The van der Waals surface area contributed by atoms with Crippen molar-refractivity contribution in [1.82, 2.24) is 4.72 Å². The largest absolute Gasteiger partial charge is 0.399 e. The van der Waals surface area contributed by atoms with E-state index in [4.69, 9.17) is 5.73 Å². The second-order valence-electron chi connectivity index (χ2n) is 6.72. The number of rotatable bonds is 4. The molecule has 3 rings (SSSR count). The summed E-state index contributed by atoms with van der Waals surface area (Å²) < 4.78 is 52.2. The molecular formula is C18H23ClN2O4S2. The van der Waals surface area contributed by atoms with Gasteiger partial charge in [-0.2, -0.15) is 0 Å². The van der Waals surface area contributed by atoms with Crippen molar-refractivity contribution < 1.29 is 16.8 Å². The Hall–Kier alpha value is -1.61. The van der Waals surface area contributed by atoms with Crippen molar-refractivity contribution in [2.24, 2.45) is 0 Å². The van der Waals surface area contributed by atoms with E-state index in [2.05, 4.69) is 4.72 Å². The molecule has 0 saturated heterocycles. The zero-order valence-electron chi connectivity index (χ0n) is 15.1. The van der Waals surface area contributed by atoms with Crippen LogP contribution in [0.3, 0.4) is 0 Å². The number of sulfone groups is 1. The lowest BCUT2D eigenvalue weighted by Crippen LogP contribution is -2.31. The van der Waals surface area contributed by atoms with Gasteiger partial charge in [-0.05, 0) is 67.1 Å². The van der Waals surface area contributed by atoms with Crippen LogP contribution in [0.1, 0.15) is 35.6 Å². The van der Waals surface area contributed by atoms with Gasteiger partial charge in [0.15, 0.2) is 9.84 Å². The molecule has 0 aromatic heterocycles. The molecule has 0 heterocycles. The van der Waals surface area contributed by atoms with E-state index in [0.29, 0.717) is 17.7 Å². The third-order valence-electron chi connectivity index (χ3n) is 4.66. The number of nitrogens with one attached hydrogen (secondary N) is 1. The van der Waals surface area contributed by atoms with Gasteiger partial charge in [0.25, 0.3) is 0 Å². The van der Waals surface area contributed by atoms with Crippen LogP contribution in [0, 0.1) is 6.92 Å². The summed E-state index contributed by atoms with van der Waals surface area (Å²) in [5.41, 5.74) is 8.95. The lowest BCUT2D eigenvalue weighted by atomic mass is 9.88. The Morgan fingerprint density at radius 2 is 1.78 bits per heavy atom. The smallest absolute Gasteiger partial charge is 0.241 e. The number of aryl methyl sites for hydroxylation is 2. The third-order valence-corrected chi connectivity index (χ3v) is 7.38. The molecule has 0 saturated carbocycles. The van der Waals surface area contributed by atoms with Gasteiger partial charge >= 0.3 is 0 Å². The first kappa shape index (κ1) is 21.7. The van der Waals surface area contributed by atoms with Crippen LogP contribution in [-0.4, -0.2) is 23.1 Å². The molecule has 2 aromatic carbocycles. The Kier molecular flexibility index (Phi) is 6.26. The van der Waals surface area contributed by atoms with Crippen LogP contribution in [0.25, 0.3) is 0 Å². The number of halogens is 1. The lowest BCUT2D eigenvalue weighted by Gasteiger charge is -2.27. The van der Waals surface area contributed by atoms with Crippen molar-refractivity contribution in [3.05, 3.63) is 53.1 Å². The predicted molar refractivity (Wildman–Crippen MR) is 108 cm³/mol. The topological polar surface area (TPSA) is 106 Å². The number of hydrogen-bond donors (Lipinski definition) is 2. The molecule has 2 aromatic rings. The van der Waals surface area contributed by atoms with E-state index in [1.807, 2.05) is 12.1 Å². The van der Waals surface area contributed by atoms with Gasteiger partial charge in [0.05, 0.1) is 9.79 Å². The van der Waals surface area contributed by atoms with Gasteiger partial charge in [0.2, 0.25) is 10.0 Å². The van der Waals surface area contributed by atoms with Crippen LogP contribution in [0.4, 0.5) is 5.69 Å². The van der Waals surface area contributed by atoms with Gasteiger partial charge in [0, 0.05) is 18.0 Å². The molecule has 0 amide bonds. The van der Waals surface area contributed by atoms with Gasteiger partial charge in [-0.1, -0.05) is 12.1 Å². The molecule has 1 aliphatic rings. The summed E-state index contributed by atoms with van der Waals surface area (Å²) >= 11 is 0. The number of fused-ring (bicyclic) bond motifs is 1. The van der Waals surface area contributed by atoms with E-state index in [9.17, 15) is 16.8 Å². The Morgan fingerprint density at radius 3 is 2.44 bits per heavy atom.